The third kappa shape index (κ3) is 3.04. The maximum absolute atomic E-state index is 12.0. The van der Waals surface area contributed by atoms with E-state index in [1.165, 1.54) is 18.2 Å². The van der Waals surface area contributed by atoms with Crippen molar-refractivity contribution in [1.29, 1.82) is 0 Å². The molecule has 7 nitrogen and oxygen atoms in total. The lowest BCUT2D eigenvalue weighted by Gasteiger charge is -2.14. The van der Waals surface area contributed by atoms with E-state index in [4.69, 9.17) is 22.4 Å². The molecule has 3 amide bonds. The lowest BCUT2D eigenvalue weighted by atomic mass is 10.2. The van der Waals surface area contributed by atoms with Crippen LogP contribution >= 0.6 is 11.6 Å². The second-order valence-electron chi connectivity index (χ2n) is 4.26. The molecule has 1 aliphatic heterocycles. The number of imide groups is 1. The number of amides is 3. The molecular formula is C13H12ClN3O4. The number of anilines is 1. The Bertz CT molecular complexity index is 657. The van der Waals surface area contributed by atoms with Crippen LogP contribution in [0.3, 0.4) is 0 Å². The van der Waals surface area contributed by atoms with Gasteiger partial charge < -0.3 is 16.2 Å². The van der Waals surface area contributed by atoms with E-state index in [1.807, 2.05) is 0 Å². The molecule has 110 valence electrons. The van der Waals surface area contributed by atoms with E-state index in [0.717, 1.165) is 11.0 Å². The number of primary amides is 1. The third-order valence-electron chi connectivity index (χ3n) is 2.85. The van der Waals surface area contributed by atoms with Crippen LogP contribution < -0.4 is 11.1 Å². The van der Waals surface area contributed by atoms with E-state index in [1.54, 1.807) is 0 Å². The van der Waals surface area contributed by atoms with Crippen molar-refractivity contribution in [3.8, 4) is 0 Å². The third-order valence-corrected chi connectivity index (χ3v) is 3.18. The Labute approximate surface area is 125 Å². The minimum Gasteiger partial charge on any atom is -0.395 e. The van der Waals surface area contributed by atoms with Crippen molar-refractivity contribution < 1.29 is 19.5 Å². The SMILES string of the molecule is NC(=O)c1ccc(Cl)c(NC2=CC(=O)N(CCO)C2=O)c1. The van der Waals surface area contributed by atoms with Gasteiger partial charge in [-0.1, -0.05) is 11.6 Å². The summed E-state index contributed by atoms with van der Waals surface area (Å²) in [6, 6.07) is 4.29. The van der Waals surface area contributed by atoms with E-state index in [-0.39, 0.29) is 35.1 Å². The van der Waals surface area contributed by atoms with Crippen LogP contribution in [0.1, 0.15) is 10.4 Å². The first kappa shape index (κ1) is 15.0. The number of nitrogens with one attached hydrogen (secondary N) is 1. The molecule has 0 aromatic heterocycles. The predicted octanol–water partition coefficient (Wildman–Crippen LogP) is 0.0958. The van der Waals surface area contributed by atoms with Crippen LogP contribution in [0.15, 0.2) is 30.0 Å². The van der Waals surface area contributed by atoms with Crippen LogP contribution in [0.4, 0.5) is 5.69 Å². The van der Waals surface area contributed by atoms with E-state index in [9.17, 15) is 14.4 Å². The van der Waals surface area contributed by atoms with Crippen molar-refractivity contribution in [2.24, 2.45) is 5.73 Å². The fraction of sp³-hybridized carbons (Fsp3) is 0.154. The number of carbonyl (C=O) groups excluding carboxylic acids is 3. The van der Waals surface area contributed by atoms with Gasteiger partial charge in [0.05, 0.1) is 23.9 Å². The highest BCUT2D eigenvalue weighted by Gasteiger charge is 2.30. The summed E-state index contributed by atoms with van der Waals surface area (Å²) in [5.41, 5.74) is 5.68. The maximum Gasteiger partial charge on any atom is 0.277 e. The Morgan fingerprint density at radius 2 is 2.10 bits per heavy atom. The van der Waals surface area contributed by atoms with Gasteiger partial charge in [0.1, 0.15) is 5.70 Å². The molecule has 0 atom stereocenters. The molecule has 8 heteroatoms. The van der Waals surface area contributed by atoms with Gasteiger partial charge in [-0.05, 0) is 18.2 Å². The molecule has 0 saturated heterocycles. The molecular weight excluding hydrogens is 298 g/mol. The highest BCUT2D eigenvalue weighted by atomic mass is 35.5. The summed E-state index contributed by atoms with van der Waals surface area (Å²) in [6.07, 6.45) is 1.10. The number of rotatable bonds is 5. The van der Waals surface area contributed by atoms with E-state index in [0.29, 0.717) is 0 Å². The number of hydrogen-bond donors (Lipinski definition) is 3. The Kier molecular flexibility index (Phi) is 4.25. The molecule has 21 heavy (non-hydrogen) atoms. The van der Waals surface area contributed by atoms with Crippen molar-refractivity contribution in [2.75, 3.05) is 18.5 Å². The van der Waals surface area contributed by atoms with Crippen LogP contribution in [-0.4, -0.2) is 40.9 Å². The molecule has 0 radical (unpaired) electrons. The van der Waals surface area contributed by atoms with Crippen molar-refractivity contribution in [3.05, 3.63) is 40.6 Å². The molecule has 0 saturated carbocycles. The average molecular weight is 310 g/mol. The summed E-state index contributed by atoms with van der Waals surface area (Å²) in [4.78, 5) is 35.6. The fourth-order valence-corrected chi connectivity index (χ4v) is 1.99. The van der Waals surface area contributed by atoms with Gasteiger partial charge in [-0.25, -0.2) is 0 Å². The fourth-order valence-electron chi connectivity index (χ4n) is 1.83. The highest BCUT2D eigenvalue weighted by Crippen LogP contribution is 2.26. The second kappa shape index (κ2) is 5.94. The molecule has 0 spiro atoms. The smallest absolute Gasteiger partial charge is 0.277 e. The first-order valence-corrected chi connectivity index (χ1v) is 6.36. The van der Waals surface area contributed by atoms with Crippen molar-refractivity contribution in [1.82, 2.24) is 4.90 Å². The van der Waals surface area contributed by atoms with Crippen LogP contribution in [0.25, 0.3) is 0 Å². The van der Waals surface area contributed by atoms with Crippen LogP contribution in [-0.2, 0) is 9.59 Å². The van der Waals surface area contributed by atoms with Crippen LogP contribution in [0.5, 0.6) is 0 Å². The molecule has 1 heterocycles. The van der Waals surface area contributed by atoms with E-state index in [2.05, 4.69) is 5.32 Å². The number of carbonyl (C=O) groups is 3. The van der Waals surface area contributed by atoms with Crippen molar-refractivity contribution >= 4 is 35.0 Å². The normalized spacial score (nSPS) is 14.4. The molecule has 0 fully saturated rings. The Hall–Kier alpha value is -2.38. The van der Waals surface area contributed by atoms with Crippen molar-refractivity contribution in [3.63, 3.8) is 0 Å². The zero-order chi connectivity index (χ0) is 15.6. The van der Waals surface area contributed by atoms with Gasteiger partial charge in [0.25, 0.3) is 11.8 Å². The molecule has 0 bridgehead atoms. The Morgan fingerprint density at radius 1 is 1.38 bits per heavy atom. The van der Waals surface area contributed by atoms with Gasteiger partial charge in [0.2, 0.25) is 5.91 Å². The molecule has 0 unspecified atom stereocenters. The molecule has 1 aliphatic rings. The first-order valence-electron chi connectivity index (χ1n) is 5.99. The number of nitrogens with two attached hydrogens (primary N) is 1. The van der Waals surface area contributed by atoms with Gasteiger partial charge in [-0.15, -0.1) is 0 Å². The predicted molar refractivity (Wildman–Crippen MR) is 75.5 cm³/mol. The monoisotopic (exact) mass is 309 g/mol. The maximum atomic E-state index is 12.0. The summed E-state index contributed by atoms with van der Waals surface area (Å²) in [5, 5.41) is 11.8. The second-order valence-corrected chi connectivity index (χ2v) is 4.67. The minimum atomic E-state index is -0.639. The molecule has 1 aromatic carbocycles. The summed E-state index contributed by atoms with van der Waals surface area (Å²) in [5.74, 6) is -1.74. The van der Waals surface area contributed by atoms with Gasteiger partial charge in [-0.2, -0.15) is 0 Å². The first-order chi connectivity index (χ1) is 9.93. The van der Waals surface area contributed by atoms with Crippen molar-refractivity contribution in [2.45, 2.75) is 0 Å². The van der Waals surface area contributed by atoms with E-state index >= 15 is 0 Å². The summed E-state index contributed by atoms with van der Waals surface area (Å²) in [7, 11) is 0. The summed E-state index contributed by atoms with van der Waals surface area (Å²) >= 11 is 5.97. The number of β-amino-alcohol motifs (C(OH)–C–C–N with tert-alkyl or cyclic N) is 1. The largest absolute Gasteiger partial charge is 0.395 e. The number of aliphatic hydroxyl groups is 1. The summed E-state index contributed by atoms with van der Waals surface area (Å²) in [6.45, 7) is -0.412. The Morgan fingerprint density at radius 3 is 2.71 bits per heavy atom. The lowest BCUT2D eigenvalue weighted by molar-refractivity contribution is -0.137. The number of hydrogen-bond acceptors (Lipinski definition) is 5. The Balaban J connectivity index is 2.25. The topological polar surface area (TPSA) is 113 Å². The summed E-state index contributed by atoms with van der Waals surface area (Å²) < 4.78 is 0. The van der Waals surface area contributed by atoms with Crippen LogP contribution in [0.2, 0.25) is 5.02 Å². The lowest BCUT2D eigenvalue weighted by Crippen LogP contribution is -2.34. The molecule has 1 aromatic rings. The van der Waals surface area contributed by atoms with Gasteiger partial charge in [0.15, 0.2) is 0 Å². The molecule has 0 aliphatic carbocycles. The zero-order valence-electron chi connectivity index (χ0n) is 10.8. The van der Waals surface area contributed by atoms with E-state index < -0.39 is 17.7 Å². The molecule has 4 N–H and O–H groups in total. The number of benzene rings is 1. The quantitative estimate of drug-likeness (QED) is 0.668. The van der Waals surface area contributed by atoms with Gasteiger partial charge >= 0.3 is 0 Å². The number of aliphatic hydroxyl groups excluding tert-OH is 1. The van der Waals surface area contributed by atoms with Gasteiger partial charge in [-0.3, -0.25) is 19.3 Å². The van der Waals surface area contributed by atoms with Crippen LogP contribution in [0, 0.1) is 0 Å². The zero-order valence-corrected chi connectivity index (χ0v) is 11.6. The number of nitrogens with zero attached hydrogens (tertiary/aromatic N) is 1. The highest BCUT2D eigenvalue weighted by molar-refractivity contribution is 6.33. The van der Waals surface area contributed by atoms with Gasteiger partial charge in [0, 0.05) is 11.6 Å². The standard InChI is InChI=1S/C13H12ClN3O4/c14-8-2-1-7(12(15)20)5-9(8)16-10-6-11(19)17(3-4-18)13(10)21/h1-2,5-6,16,18H,3-4H2,(H2,15,20). The average Bonchev–Trinajstić information content (AvgIpc) is 2.69. The molecule has 2 rings (SSSR count). The minimum absolute atomic E-state index is 0.0111. The number of halogens is 1.